The van der Waals surface area contributed by atoms with Gasteiger partial charge in [0.2, 0.25) is 5.91 Å². The fraction of sp³-hybridized carbons (Fsp3) is 0.917. The number of carbonyl (C=O) groups is 1. The molecule has 17 heavy (non-hydrogen) atoms. The largest absolute Gasteiger partial charge is 0.395 e. The summed E-state index contributed by atoms with van der Waals surface area (Å²) in [5.74, 6) is 0.230. The zero-order chi connectivity index (χ0) is 12.5. The van der Waals surface area contributed by atoms with E-state index in [0.717, 1.165) is 39.0 Å². The van der Waals surface area contributed by atoms with Crippen LogP contribution in [-0.4, -0.2) is 73.9 Å². The number of aliphatic hydroxyl groups is 1. The van der Waals surface area contributed by atoms with Gasteiger partial charge in [-0.25, -0.2) is 0 Å². The van der Waals surface area contributed by atoms with E-state index < -0.39 is 0 Å². The molecule has 1 fully saturated rings. The van der Waals surface area contributed by atoms with Gasteiger partial charge in [0.15, 0.2) is 0 Å². The minimum Gasteiger partial charge on any atom is -0.395 e. The molecule has 1 aliphatic rings. The standard InChI is InChI=1S/C12H24N2O3/c1-17-11-2-4-12(16)14-6-3-5-13(7-8-14)9-10-15/h15H,2-11H2,1H3. The molecule has 0 saturated carbocycles. The molecule has 0 aromatic heterocycles. The molecular weight excluding hydrogens is 220 g/mol. The van der Waals surface area contributed by atoms with Crippen LogP contribution in [0.15, 0.2) is 0 Å². The topological polar surface area (TPSA) is 53.0 Å². The van der Waals surface area contributed by atoms with Crippen molar-refractivity contribution in [2.24, 2.45) is 0 Å². The molecule has 0 bridgehead atoms. The fourth-order valence-corrected chi connectivity index (χ4v) is 2.11. The highest BCUT2D eigenvalue weighted by atomic mass is 16.5. The van der Waals surface area contributed by atoms with E-state index in [0.29, 0.717) is 19.6 Å². The Bertz CT molecular complexity index is 224. The van der Waals surface area contributed by atoms with Crippen LogP contribution in [0, 0.1) is 0 Å². The molecule has 1 saturated heterocycles. The molecular formula is C12H24N2O3. The number of methoxy groups -OCH3 is 1. The summed E-state index contributed by atoms with van der Waals surface area (Å²) < 4.78 is 4.95. The number of rotatable bonds is 6. The molecule has 0 radical (unpaired) electrons. The highest BCUT2D eigenvalue weighted by Gasteiger charge is 2.18. The summed E-state index contributed by atoms with van der Waals surface area (Å²) in [5.41, 5.74) is 0. The van der Waals surface area contributed by atoms with Crippen LogP contribution in [0.2, 0.25) is 0 Å². The summed E-state index contributed by atoms with van der Waals surface area (Å²) >= 11 is 0. The summed E-state index contributed by atoms with van der Waals surface area (Å²) in [7, 11) is 1.66. The number of nitrogens with zero attached hydrogens (tertiary/aromatic N) is 2. The van der Waals surface area contributed by atoms with Gasteiger partial charge in [0.05, 0.1) is 6.61 Å². The average molecular weight is 244 g/mol. The lowest BCUT2D eigenvalue weighted by atomic mass is 10.2. The first-order valence-corrected chi connectivity index (χ1v) is 6.38. The van der Waals surface area contributed by atoms with E-state index in [9.17, 15) is 4.79 Å². The molecule has 1 aliphatic heterocycles. The zero-order valence-electron chi connectivity index (χ0n) is 10.7. The maximum Gasteiger partial charge on any atom is 0.222 e. The second-order valence-corrected chi connectivity index (χ2v) is 4.40. The summed E-state index contributed by atoms with van der Waals surface area (Å²) in [5, 5.41) is 8.89. The van der Waals surface area contributed by atoms with Crippen LogP contribution in [0.3, 0.4) is 0 Å². The van der Waals surface area contributed by atoms with Gasteiger partial charge in [-0.3, -0.25) is 9.69 Å². The first kappa shape index (κ1) is 14.4. The molecule has 0 aliphatic carbocycles. The first-order chi connectivity index (χ1) is 8.27. The van der Waals surface area contributed by atoms with Crippen molar-refractivity contribution >= 4 is 5.91 Å². The summed E-state index contributed by atoms with van der Waals surface area (Å²) in [6.45, 7) is 5.03. The van der Waals surface area contributed by atoms with Crippen LogP contribution in [0.4, 0.5) is 0 Å². The van der Waals surface area contributed by atoms with Gasteiger partial charge in [-0.1, -0.05) is 0 Å². The Morgan fingerprint density at radius 1 is 1.29 bits per heavy atom. The molecule has 1 N–H and O–H groups in total. The predicted molar refractivity (Wildman–Crippen MR) is 65.8 cm³/mol. The lowest BCUT2D eigenvalue weighted by Crippen LogP contribution is -2.35. The van der Waals surface area contributed by atoms with Crippen LogP contribution >= 0.6 is 0 Å². The van der Waals surface area contributed by atoms with Crippen LogP contribution < -0.4 is 0 Å². The number of hydrogen-bond donors (Lipinski definition) is 1. The molecule has 0 aromatic carbocycles. The fourth-order valence-electron chi connectivity index (χ4n) is 2.11. The number of ether oxygens (including phenoxy) is 1. The van der Waals surface area contributed by atoms with Gasteiger partial charge in [0, 0.05) is 46.3 Å². The molecule has 5 nitrogen and oxygen atoms in total. The summed E-state index contributed by atoms with van der Waals surface area (Å²) in [4.78, 5) is 16.0. The second-order valence-electron chi connectivity index (χ2n) is 4.40. The van der Waals surface area contributed by atoms with E-state index in [2.05, 4.69) is 4.90 Å². The molecule has 5 heteroatoms. The monoisotopic (exact) mass is 244 g/mol. The maximum absolute atomic E-state index is 11.9. The predicted octanol–water partition coefficient (Wildman–Crippen LogP) is -0.0604. The zero-order valence-corrected chi connectivity index (χ0v) is 10.7. The summed E-state index contributed by atoms with van der Waals surface area (Å²) in [6, 6.07) is 0. The van der Waals surface area contributed by atoms with Gasteiger partial charge in [-0.05, 0) is 19.4 Å². The Balaban J connectivity index is 2.27. The van der Waals surface area contributed by atoms with Crippen LogP contribution in [-0.2, 0) is 9.53 Å². The first-order valence-electron chi connectivity index (χ1n) is 6.38. The van der Waals surface area contributed by atoms with Gasteiger partial charge in [0.25, 0.3) is 0 Å². The Morgan fingerprint density at radius 3 is 2.82 bits per heavy atom. The SMILES string of the molecule is COCCCC(=O)N1CCCN(CCO)CC1. The third-order valence-corrected chi connectivity index (χ3v) is 3.10. The number of amides is 1. The van der Waals surface area contributed by atoms with Gasteiger partial charge in [-0.15, -0.1) is 0 Å². The molecule has 1 rings (SSSR count). The maximum atomic E-state index is 11.9. The number of β-amino-alcohol motifs (C(OH)–C–C–N with tert-alkyl or cyclic N) is 1. The average Bonchev–Trinajstić information content (AvgIpc) is 2.55. The molecule has 0 atom stereocenters. The Kier molecular flexibility index (Phi) is 7.16. The van der Waals surface area contributed by atoms with Crippen molar-refractivity contribution in [2.75, 3.05) is 53.0 Å². The Morgan fingerprint density at radius 2 is 2.12 bits per heavy atom. The highest BCUT2D eigenvalue weighted by Crippen LogP contribution is 2.05. The van der Waals surface area contributed by atoms with Crippen molar-refractivity contribution in [1.82, 2.24) is 9.80 Å². The third-order valence-electron chi connectivity index (χ3n) is 3.10. The Labute approximate surface area is 103 Å². The second kappa shape index (κ2) is 8.44. The van der Waals surface area contributed by atoms with Crippen molar-refractivity contribution in [3.63, 3.8) is 0 Å². The van der Waals surface area contributed by atoms with Gasteiger partial charge in [-0.2, -0.15) is 0 Å². The lowest BCUT2D eigenvalue weighted by molar-refractivity contribution is -0.131. The van der Waals surface area contributed by atoms with Crippen molar-refractivity contribution in [2.45, 2.75) is 19.3 Å². The molecule has 0 spiro atoms. The molecule has 0 unspecified atom stereocenters. The lowest BCUT2D eigenvalue weighted by Gasteiger charge is -2.21. The normalized spacial score (nSPS) is 18.1. The molecule has 1 amide bonds. The minimum atomic E-state index is 0.196. The van der Waals surface area contributed by atoms with Crippen molar-refractivity contribution in [3.05, 3.63) is 0 Å². The van der Waals surface area contributed by atoms with Crippen molar-refractivity contribution in [3.8, 4) is 0 Å². The van der Waals surface area contributed by atoms with E-state index in [1.807, 2.05) is 4.90 Å². The smallest absolute Gasteiger partial charge is 0.222 e. The van der Waals surface area contributed by atoms with E-state index in [4.69, 9.17) is 9.84 Å². The van der Waals surface area contributed by atoms with E-state index in [1.165, 1.54) is 0 Å². The van der Waals surface area contributed by atoms with E-state index in [1.54, 1.807) is 7.11 Å². The highest BCUT2D eigenvalue weighted by molar-refractivity contribution is 5.76. The number of hydrogen-bond acceptors (Lipinski definition) is 4. The third kappa shape index (κ3) is 5.48. The van der Waals surface area contributed by atoms with Crippen LogP contribution in [0.5, 0.6) is 0 Å². The van der Waals surface area contributed by atoms with Gasteiger partial charge < -0.3 is 14.7 Å². The number of aliphatic hydroxyl groups excluding tert-OH is 1. The van der Waals surface area contributed by atoms with Gasteiger partial charge >= 0.3 is 0 Å². The molecule has 1 heterocycles. The molecule has 100 valence electrons. The number of carbonyl (C=O) groups excluding carboxylic acids is 1. The molecule has 0 aromatic rings. The minimum absolute atomic E-state index is 0.196. The summed E-state index contributed by atoms with van der Waals surface area (Å²) in [6.07, 6.45) is 2.37. The quantitative estimate of drug-likeness (QED) is 0.665. The van der Waals surface area contributed by atoms with E-state index >= 15 is 0 Å². The van der Waals surface area contributed by atoms with Crippen molar-refractivity contribution in [1.29, 1.82) is 0 Å². The van der Waals surface area contributed by atoms with E-state index in [-0.39, 0.29) is 12.5 Å². The van der Waals surface area contributed by atoms with Crippen LogP contribution in [0.1, 0.15) is 19.3 Å². The van der Waals surface area contributed by atoms with Crippen molar-refractivity contribution < 1.29 is 14.6 Å². The Hall–Kier alpha value is -0.650. The van der Waals surface area contributed by atoms with Crippen LogP contribution in [0.25, 0.3) is 0 Å². The van der Waals surface area contributed by atoms with Gasteiger partial charge in [0.1, 0.15) is 0 Å².